The van der Waals surface area contributed by atoms with Crippen LogP contribution in [0.15, 0.2) is 12.3 Å². The van der Waals surface area contributed by atoms with Gasteiger partial charge in [0.2, 0.25) is 5.91 Å². The van der Waals surface area contributed by atoms with Crippen LogP contribution in [-0.4, -0.2) is 63.8 Å². The summed E-state index contributed by atoms with van der Waals surface area (Å²) in [4.78, 5) is 28.5. The smallest absolute Gasteiger partial charge is 0.422 e. The summed E-state index contributed by atoms with van der Waals surface area (Å²) in [5, 5.41) is 5.02. The minimum absolute atomic E-state index is 0.0255. The zero-order chi connectivity index (χ0) is 23.1. The van der Waals surface area contributed by atoms with Crippen LogP contribution in [0.4, 0.5) is 17.6 Å². The number of amides is 2. The first-order chi connectivity index (χ1) is 14.3. The van der Waals surface area contributed by atoms with Gasteiger partial charge in [-0.3, -0.25) is 18.8 Å². The van der Waals surface area contributed by atoms with Gasteiger partial charge in [-0.25, -0.2) is 4.39 Å². The van der Waals surface area contributed by atoms with E-state index in [-0.39, 0.29) is 42.0 Å². The first-order valence-electron chi connectivity index (χ1n) is 9.51. The Kier molecular flexibility index (Phi) is 5.98. The summed E-state index contributed by atoms with van der Waals surface area (Å²) in [6.07, 6.45) is -2.97. The van der Waals surface area contributed by atoms with Gasteiger partial charge in [-0.2, -0.15) is 13.2 Å². The summed E-state index contributed by atoms with van der Waals surface area (Å²) in [5.41, 5.74) is -3.40. The Morgan fingerprint density at radius 3 is 2.45 bits per heavy atom. The Labute approximate surface area is 176 Å². The van der Waals surface area contributed by atoms with Crippen LogP contribution in [0.1, 0.15) is 41.7 Å². The molecule has 1 aromatic heterocycles. The molecule has 0 spiro atoms. The monoisotopic (exact) mass is 465 g/mol. The first kappa shape index (κ1) is 23.3. The summed E-state index contributed by atoms with van der Waals surface area (Å²) in [7, 11) is -1.03. The molecule has 2 fully saturated rings. The summed E-state index contributed by atoms with van der Waals surface area (Å²) in [6, 6.07) is 0.962. The Morgan fingerprint density at radius 1 is 1.32 bits per heavy atom. The van der Waals surface area contributed by atoms with Gasteiger partial charge in [0.15, 0.2) is 6.61 Å². The average Bonchev–Trinajstić information content (AvgIpc) is 2.61. The predicted molar refractivity (Wildman–Crippen MR) is 106 cm³/mol. The fraction of sp³-hybridized carbons (Fsp3) is 0.579. The molecule has 1 aromatic rings. The van der Waals surface area contributed by atoms with Gasteiger partial charge in [0.1, 0.15) is 17.1 Å². The summed E-state index contributed by atoms with van der Waals surface area (Å²) >= 11 is 0. The lowest BCUT2D eigenvalue weighted by Gasteiger charge is -2.44. The van der Waals surface area contributed by atoms with E-state index in [1.807, 2.05) is 0 Å². The van der Waals surface area contributed by atoms with Crippen LogP contribution in [0.25, 0.3) is 0 Å². The van der Waals surface area contributed by atoms with Crippen molar-refractivity contribution in [2.24, 2.45) is 0 Å². The number of nitrogens with one attached hydrogen (secondary N) is 2. The molecule has 7 nitrogen and oxygen atoms in total. The van der Waals surface area contributed by atoms with Crippen molar-refractivity contribution < 1.29 is 36.1 Å². The van der Waals surface area contributed by atoms with Crippen molar-refractivity contribution in [1.29, 1.82) is 0 Å². The molecule has 12 heteroatoms. The highest BCUT2D eigenvalue weighted by Crippen LogP contribution is 2.48. The van der Waals surface area contributed by atoms with Crippen molar-refractivity contribution in [3.63, 3.8) is 0 Å². The highest BCUT2D eigenvalue weighted by molar-refractivity contribution is 8.01. The largest absolute Gasteiger partial charge is 0.484 e. The molecule has 2 aliphatic rings. The van der Waals surface area contributed by atoms with Crippen molar-refractivity contribution in [1.82, 2.24) is 15.6 Å². The molecule has 0 radical (unpaired) electrons. The van der Waals surface area contributed by atoms with Gasteiger partial charge >= 0.3 is 6.18 Å². The molecule has 172 valence electrons. The van der Waals surface area contributed by atoms with Crippen molar-refractivity contribution in [2.75, 3.05) is 25.2 Å². The van der Waals surface area contributed by atoms with Gasteiger partial charge in [0.05, 0.1) is 12.0 Å². The molecule has 2 N–H and O–H groups in total. The Bertz CT molecular complexity index is 978. The van der Waals surface area contributed by atoms with E-state index in [1.165, 1.54) is 7.05 Å². The van der Waals surface area contributed by atoms with Crippen molar-refractivity contribution in [3.8, 4) is 5.75 Å². The molecule has 1 saturated heterocycles. The second kappa shape index (κ2) is 7.95. The minimum atomic E-state index is -4.65. The van der Waals surface area contributed by atoms with E-state index < -0.39 is 51.1 Å². The highest BCUT2D eigenvalue weighted by Gasteiger charge is 2.48. The maximum absolute atomic E-state index is 14.9. The Morgan fingerprint density at radius 2 is 1.97 bits per heavy atom. The van der Waals surface area contributed by atoms with E-state index in [0.29, 0.717) is 6.42 Å². The van der Waals surface area contributed by atoms with E-state index in [9.17, 15) is 31.4 Å². The molecule has 0 aromatic carbocycles. The van der Waals surface area contributed by atoms with Crippen LogP contribution >= 0.6 is 0 Å². The maximum atomic E-state index is 14.9. The number of pyridine rings is 1. The number of aromatic nitrogens is 1. The summed E-state index contributed by atoms with van der Waals surface area (Å²) < 4.78 is 69.7. The molecular weight excluding hydrogens is 442 g/mol. The fourth-order valence-corrected chi connectivity index (χ4v) is 6.09. The van der Waals surface area contributed by atoms with Crippen LogP contribution in [0.5, 0.6) is 5.75 Å². The van der Waals surface area contributed by atoms with Crippen LogP contribution < -0.4 is 15.4 Å². The second-order valence-corrected chi connectivity index (χ2v) is 10.6. The lowest BCUT2D eigenvalue weighted by molar-refractivity contribution is -0.154. The zero-order valence-electron chi connectivity index (χ0n) is 16.8. The molecule has 3 rings (SSSR count). The molecule has 31 heavy (non-hydrogen) atoms. The van der Waals surface area contributed by atoms with E-state index in [2.05, 4.69) is 21.5 Å². The minimum Gasteiger partial charge on any atom is -0.484 e. The van der Waals surface area contributed by atoms with Crippen LogP contribution in [0, 0.1) is 0 Å². The molecular formula is C19H23F4N3O4S. The number of rotatable bonds is 7. The third-order valence-corrected chi connectivity index (χ3v) is 7.51. The topological polar surface area (TPSA) is 97.4 Å². The third kappa shape index (κ3) is 5.28. The third-order valence-electron chi connectivity index (χ3n) is 5.35. The lowest BCUT2D eigenvalue weighted by atomic mass is 9.77. The number of hydrogen-bond acceptors (Lipinski definition) is 5. The SMILES string of the molecule is C=S1(=O)CC(CC(=O)NC)(NC(=O)c2cc(OCC(F)(F)F)c(C3(F)CCC3)cn2)C1. The highest BCUT2D eigenvalue weighted by atomic mass is 32.2. The van der Waals surface area contributed by atoms with Gasteiger partial charge in [-0.1, -0.05) is 0 Å². The van der Waals surface area contributed by atoms with E-state index >= 15 is 0 Å². The summed E-state index contributed by atoms with van der Waals surface area (Å²) in [6.45, 7) is -1.65. The average molecular weight is 465 g/mol. The van der Waals surface area contributed by atoms with Gasteiger partial charge in [-0.15, -0.1) is 0 Å². The van der Waals surface area contributed by atoms with Gasteiger partial charge < -0.3 is 15.4 Å². The molecule has 1 aliphatic carbocycles. The number of halogens is 4. The standard InChI is InChI=1S/C19H23F4N3O4S/c1-24-15(27)7-17(10-31(2,29)11-17)26-16(28)13-6-14(30-9-19(21,22)23)12(8-25-13)18(20)4-3-5-18/h6,8H,2-5,7,9-11H2,1H3,(H,24,27)(H,26,28). The molecule has 1 aliphatic heterocycles. The summed E-state index contributed by atoms with van der Waals surface area (Å²) in [5.74, 6) is 1.91. The first-order valence-corrected chi connectivity index (χ1v) is 11.6. The predicted octanol–water partition coefficient (Wildman–Crippen LogP) is 1.71. The van der Waals surface area contributed by atoms with Crippen molar-refractivity contribution in [3.05, 3.63) is 23.5 Å². The molecule has 0 bridgehead atoms. The van der Waals surface area contributed by atoms with Crippen molar-refractivity contribution in [2.45, 2.75) is 43.1 Å². The van der Waals surface area contributed by atoms with Gasteiger partial charge in [-0.05, 0) is 34.7 Å². The molecule has 0 unspecified atom stereocenters. The maximum Gasteiger partial charge on any atom is 0.422 e. The second-order valence-electron chi connectivity index (χ2n) is 8.13. The van der Waals surface area contributed by atoms with Crippen LogP contribution in [0.2, 0.25) is 0 Å². The van der Waals surface area contributed by atoms with Crippen molar-refractivity contribution >= 4 is 27.2 Å². The van der Waals surface area contributed by atoms with E-state index in [1.54, 1.807) is 0 Å². The number of alkyl halides is 4. The molecule has 2 amide bonds. The molecule has 2 heterocycles. The number of hydrogen-bond donors (Lipinski definition) is 2. The van der Waals surface area contributed by atoms with E-state index in [4.69, 9.17) is 4.74 Å². The quantitative estimate of drug-likeness (QED) is 0.472. The normalized spacial score (nSPS) is 26.9. The molecule has 0 atom stereocenters. The van der Waals surface area contributed by atoms with E-state index in [0.717, 1.165) is 12.3 Å². The molecule has 1 saturated carbocycles. The Hall–Kier alpha value is -2.37. The number of ether oxygens (including phenoxy) is 1. The Balaban J connectivity index is 1.85. The van der Waals surface area contributed by atoms with Crippen LogP contribution in [0.3, 0.4) is 0 Å². The fourth-order valence-electron chi connectivity index (χ4n) is 3.82. The number of carbonyl (C=O) groups excluding carboxylic acids is 2. The lowest BCUT2D eigenvalue weighted by Crippen LogP contribution is -2.66. The zero-order valence-corrected chi connectivity index (χ0v) is 17.6. The van der Waals surface area contributed by atoms with Crippen LogP contribution in [-0.2, 0) is 20.0 Å². The number of nitrogens with zero attached hydrogens (tertiary/aromatic N) is 1. The van der Waals surface area contributed by atoms with Gasteiger partial charge in [0, 0.05) is 36.4 Å². The number of carbonyl (C=O) groups is 2. The van der Waals surface area contributed by atoms with Gasteiger partial charge in [0.25, 0.3) is 5.91 Å².